The van der Waals surface area contributed by atoms with Crippen LogP contribution in [0.3, 0.4) is 0 Å². The van der Waals surface area contributed by atoms with Gasteiger partial charge in [-0.25, -0.2) is 4.39 Å². The predicted molar refractivity (Wildman–Crippen MR) is 107 cm³/mol. The van der Waals surface area contributed by atoms with Gasteiger partial charge in [-0.15, -0.1) is 0 Å². The summed E-state index contributed by atoms with van der Waals surface area (Å²) >= 11 is 5.87. The van der Waals surface area contributed by atoms with Crippen LogP contribution >= 0.6 is 11.6 Å². The molecule has 0 bridgehead atoms. The molecule has 2 aromatic carbocycles. The van der Waals surface area contributed by atoms with E-state index < -0.39 is 5.82 Å². The Balaban J connectivity index is 1.40. The van der Waals surface area contributed by atoms with Gasteiger partial charge < -0.3 is 14.2 Å². The molecule has 0 N–H and O–H groups in total. The molecular formula is C22H18ClFN2O3. The van der Waals surface area contributed by atoms with Crippen LogP contribution in [0.15, 0.2) is 65.1 Å². The molecular weight excluding hydrogens is 395 g/mol. The van der Waals surface area contributed by atoms with Gasteiger partial charge in [0.25, 0.3) is 11.8 Å². The van der Waals surface area contributed by atoms with Crippen LogP contribution in [0, 0.1) is 5.82 Å². The molecule has 1 fully saturated rings. The molecule has 1 saturated heterocycles. The second-order valence-corrected chi connectivity index (χ2v) is 7.17. The predicted octanol–water partition coefficient (Wildman–Crippen LogP) is 4.34. The lowest BCUT2D eigenvalue weighted by Crippen LogP contribution is -2.50. The van der Waals surface area contributed by atoms with Gasteiger partial charge in [0.05, 0.1) is 5.56 Å². The summed E-state index contributed by atoms with van der Waals surface area (Å²) in [6, 6.07) is 16.1. The number of hydrogen-bond acceptors (Lipinski definition) is 3. The second-order valence-electron chi connectivity index (χ2n) is 6.74. The Morgan fingerprint density at radius 2 is 1.45 bits per heavy atom. The summed E-state index contributed by atoms with van der Waals surface area (Å²) in [6.07, 6.45) is 0. The van der Waals surface area contributed by atoms with E-state index >= 15 is 0 Å². The number of carbonyl (C=O) groups is 2. The Labute approximate surface area is 172 Å². The highest BCUT2D eigenvalue weighted by Crippen LogP contribution is 2.25. The average molecular weight is 413 g/mol. The molecule has 7 heteroatoms. The van der Waals surface area contributed by atoms with Crippen molar-refractivity contribution < 1.29 is 18.4 Å². The lowest BCUT2D eigenvalue weighted by atomic mass is 10.1. The molecule has 1 aliphatic rings. The van der Waals surface area contributed by atoms with E-state index in [0.29, 0.717) is 48.1 Å². The Hall–Kier alpha value is -3.12. The van der Waals surface area contributed by atoms with Gasteiger partial charge in [0, 0.05) is 36.8 Å². The van der Waals surface area contributed by atoms with Crippen LogP contribution in [0.5, 0.6) is 0 Å². The first-order valence-electron chi connectivity index (χ1n) is 9.22. The largest absolute Gasteiger partial charge is 0.451 e. The highest BCUT2D eigenvalue weighted by molar-refractivity contribution is 6.30. The van der Waals surface area contributed by atoms with Crippen LogP contribution in [0.4, 0.5) is 4.39 Å². The Kier molecular flexibility index (Phi) is 5.36. The van der Waals surface area contributed by atoms with E-state index in [1.807, 2.05) is 0 Å². The van der Waals surface area contributed by atoms with Crippen molar-refractivity contribution >= 4 is 23.4 Å². The molecule has 1 aromatic heterocycles. The van der Waals surface area contributed by atoms with E-state index in [1.165, 1.54) is 6.07 Å². The fraction of sp³-hybridized carbons (Fsp3) is 0.182. The number of piperazine rings is 1. The van der Waals surface area contributed by atoms with Crippen molar-refractivity contribution in [1.82, 2.24) is 9.80 Å². The highest BCUT2D eigenvalue weighted by Gasteiger charge is 2.27. The summed E-state index contributed by atoms with van der Waals surface area (Å²) in [5.74, 6) is -0.307. The molecule has 29 heavy (non-hydrogen) atoms. The molecule has 0 aliphatic carbocycles. The van der Waals surface area contributed by atoms with E-state index in [0.717, 1.165) is 0 Å². The van der Waals surface area contributed by atoms with Crippen LogP contribution in [-0.4, -0.2) is 47.8 Å². The van der Waals surface area contributed by atoms with Crippen molar-refractivity contribution in [2.24, 2.45) is 0 Å². The van der Waals surface area contributed by atoms with Gasteiger partial charge in [-0.3, -0.25) is 9.59 Å². The number of halogens is 2. The van der Waals surface area contributed by atoms with Crippen LogP contribution in [0.1, 0.15) is 20.9 Å². The SMILES string of the molecule is O=C(c1ccc(Cl)cc1)N1CCN(C(=O)c2ccc(-c3ccccc3F)o2)CC1. The van der Waals surface area contributed by atoms with Crippen LogP contribution in [-0.2, 0) is 0 Å². The Morgan fingerprint density at radius 1 is 0.828 bits per heavy atom. The highest BCUT2D eigenvalue weighted by atomic mass is 35.5. The van der Waals surface area contributed by atoms with E-state index in [-0.39, 0.29) is 17.6 Å². The number of rotatable bonds is 3. The molecule has 1 aliphatic heterocycles. The van der Waals surface area contributed by atoms with Gasteiger partial charge in [-0.1, -0.05) is 23.7 Å². The zero-order chi connectivity index (χ0) is 20.4. The molecule has 0 radical (unpaired) electrons. The Morgan fingerprint density at radius 3 is 2.10 bits per heavy atom. The third-order valence-electron chi connectivity index (χ3n) is 4.90. The van der Waals surface area contributed by atoms with E-state index in [1.54, 1.807) is 64.4 Å². The first-order valence-corrected chi connectivity index (χ1v) is 9.59. The van der Waals surface area contributed by atoms with E-state index in [2.05, 4.69) is 0 Å². The number of nitrogens with zero attached hydrogens (tertiary/aromatic N) is 2. The second kappa shape index (κ2) is 8.09. The molecule has 148 valence electrons. The summed E-state index contributed by atoms with van der Waals surface area (Å²) < 4.78 is 19.5. The average Bonchev–Trinajstić information content (AvgIpc) is 3.24. The van der Waals surface area contributed by atoms with Gasteiger partial charge >= 0.3 is 0 Å². The molecule has 0 atom stereocenters. The minimum Gasteiger partial charge on any atom is -0.451 e. The molecule has 0 unspecified atom stereocenters. The van der Waals surface area contributed by atoms with Crippen LogP contribution < -0.4 is 0 Å². The van der Waals surface area contributed by atoms with Gasteiger partial charge in [0.2, 0.25) is 0 Å². The monoisotopic (exact) mass is 412 g/mol. The summed E-state index contributed by atoms with van der Waals surface area (Å²) in [6.45, 7) is 1.64. The minimum absolute atomic E-state index is 0.0893. The van der Waals surface area contributed by atoms with E-state index in [4.69, 9.17) is 16.0 Å². The van der Waals surface area contributed by atoms with Gasteiger partial charge in [0.1, 0.15) is 11.6 Å². The number of carbonyl (C=O) groups excluding carboxylic acids is 2. The summed E-state index contributed by atoms with van der Waals surface area (Å²) in [5, 5.41) is 0.574. The lowest BCUT2D eigenvalue weighted by molar-refractivity contribution is 0.0518. The molecule has 2 heterocycles. The van der Waals surface area contributed by atoms with Gasteiger partial charge in [-0.2, -0.15) is 0 Å². The fourth-order valence-electron chi connectivity index (χ4n) is 3.30. The molecule has 4 rings (SSSR count). The quantitative estimate of drug-likeness (QED) is 0.643. The molecule has 0 spiro atoms. The number of benzene rings is 2. The Bertz CT molecular complexity index is 1040. The third-order valence-corrected chi connectivity index (χ3v) is 5.15. The fourth-order valence-corrected chi connectivity index (χ4v) is 3.43. The first-order chi connectivity index (χ1) is 14.0. The van der Waals surface area contributed by atoms with Crippen molar-refractivity contribution in [2.45, 2.75) is 0 Å². The van der Waals surface area contributed by atoms with Crippen molar-refractivity contribution in [3.05, 3.63) is 82.8 Å². The topological polar surface area (TPSA) is 53.8 Å². The number of amides is 2. The number of furan rings is 1. The van der Waals surface area contributed by atoms with Crippen LogP contribution in [0.2, 0.25) is 5.02 Å². The van der Waals surface area contributed by atoms with Crippen LogP contribution in [0.25, 0.3) is 11.3 Å². The normalized spacial score (nSPS) is 14.1. The molecule has 3 aromatic rings. The summed E-state index contributed by atoms with van der Waals surface area (Å²) in [7, 11) is 0. The third kappa shape index (κ3) is 4.03. The number of hydrogen-bond donors (Lipinski definition) is 0. The zero-order valence-corrected chi connectivity index (χ0v) is 16.2. The van der Waals surface area contributed by atoms with Gasteiger partial charge in [-0.05, 0) is 48.5 Å². The lowest BCUT2D eigenvalue weighted by Gasteiger charge is -2.34. The minimum atomic E-state index is -0.407. The molecule has 0 saturated carbocycles. The maximum absolute atomic E-state index is 13.9. The maximum atomic E-state index is 13.9. The van der Waals surface area contributed by atoms with E-state index in [9.17, 15) is 14.0 Å². The van der Waals surface area contributed by atoms with Crippen molar-refractivity contribution in [1.29, 1.82) is 0 Å². The van der Waals surface area contributed by atoms with Gasteiger partial charge in [0.15, 0.2) is 5.76 Å². The maximum Gasteiger partial charge on any atom is 0.289 e. The standard InChI is InChI=1S/C22H18ClFN2O3/c23-16-7-5-15(6-8-16)21(27)25-11-13-26(14-12-25)22(28)20-10-9-19(29-20)17-3-1-2-4-18(17)24/h1-10H,11-14H2. The smallest absolute Gasteiger partial charge is 0.289 e. The first kappa shape index (κ1) is 19.2. The molecule has 2 amide bonds. The summed E-state index contributed by atoms with van der Waals surface area (Å²) in [5.41, 5.74) is 0.875. The molecule has 5 nitrogen and oxygen atoms in total. The van der Waals surface area contributed by atoms with Crippen molar-refractivity contribution in [2.75, 3.05) is 26.2 Å². The zero-order valence-electron chi connectivity index (χ0n) is 15.5. The summed E-state index contributed by atoms with van der Waals surface area (Å²) in [4.78, 5) is 28.7. The van der Waals surface area contributed by atoms with Crippen molar-refractivity contribution in [3.63, 3.8) is 0 Å². The van der Waals surface area contributed by atoms with Crippen molar-refractivity contribution in [3.8, 4) is 11.3 Å².